The van der Waals surface area contributed by atoms with Gasteiger partial charge in [-0.15, -0.1) is 6.58 Å². The summed E-state index contributed by atoms with van der Waals surface area (Å²) in [4.78, 5) is 14.1. The number of aliphatic hydroxyl groups excluding tert-OH is 1. The summed E-state index contributed by atoms with van der Waals surface area (Å²) in [6.45, 7) is 6.95. The van der Waals surface area contributed by atoms with E-state index in [0.717, 1.165) is 32.5 Å². The highest BCUT2D eigenvalue weighted by atomic mass is 16.3. The highest BCUT2D eigenvalue weighted by Gasteiger charge is 2.17. The minimum absolute atomic E-state index is 0.0656. The molecule has 0 spiro atoms. The van der Waals surface area contributed by atoms with Crippen molar-refractivity contribution in [1.82, 2.24) is 10.2 Å². The average molecular weight is 302 g/mol. The van der Waals surface area contributed by atoms with Gasteiger partial charge in [0.2, 0.25) is 5.91 Å². The van der Waals surface area contributed by atoms with Crippen LogP contribution >= 0.6 is 0 Å². The van der Waals surface area contributed by atoms with E-state index in [1.165, 1.54) is 11.1 Å². The SMILES string of the molecule is C=CCCC(=O)NCc1ccccc1CN1CCC(O)CC1. The summed E-state index contributed by atoms with van der Waals surface area (Å²) in [7, 11) is 0. The Bertz CT molecular complexity index is 494. The van der Waals surface area contributed by atoms with E-state index in [2.05, 4.69) is 28.9 Å². The second kappa shape index (κ2) is 8.71. The van der Waals surface area contributed by atoms with Crippen LogP contribution in [0.3, 0.4) is 0 Å². The molecule has 0 saturated carbocycles. The molecule has 4 nitrogen and oxygen atoms in total. The third-order valence-electron chi connectivity index (χ3n) is 4.12. The fourth-order valence-corrected chi connectivity index (χ4v) is 2.72. The number of nitrogens with one attached hydrogen (secondary N) is 1. The molecule has 2 N–H and O–H groups in total. The summed E-state index contributed by atoms with van der Waals surface area (Å²) in [6, 6.07) is 8.24. The van der Waals surface area contributed by atoms with Crippen LogP contribution in [0.5, 0.6) is 0 Å². The van der Waals surface area contributed by atoms with Crippen molar-refractivity contribution < 1.29 is 9.90 Å². The minimum Gasteiger partial charge on any atom is -0.393 e. The van der Waals surface area contributed by atoms with Gasteiger partial charge in [-0.3, -0.25) is 9.69 Å². The summed E-state index contributed by atoms with van der Waals surface area (Å²) in [5.41, 5.74) is 2.42. The van der Waals surface area contributed by atoms with Crippen molar-refractivity contribution >= 4 is 5.91 Å². The fourth-order valence-electron chi connectivity index (χ4n) is 2.72. The van der Waals surface area contributed by atoms with Crippen molar-refractivity contribution in [3.63, 3.8) is 0 Å². The molecule has 2 rings (SSSR count). The minimum atomic E-state index is -0.143. The molecule has 0 unspecified atom stereocenters. The molecule has 120 valence electrons. The number of carbonyl (C=O) groups is 1. The van der Waals surface area contributed by atoms with Crippen molar-refractivity contribution in [3.05, 3.63) is 48.0 Å². The molecule has 22 heavy (non-hydrogen) atoms. The Hall–Kier alpha value is -1.65. The number of piperidine rings is 1. The van der Waals surface area contributed by atoms with Gasteiger partial charge < -0.3 is 10.4 Å². The highest BCUT2D eigenvalue weighted by molar-refractivity contribution is 5.76. The maximum Gasteiger partial charge on any atom is 0.220 e. The number of carbonyl (C=O) groups excluding carboxylic acids is 1. The van der Waals surface area contributed by atoms with E-state index < -0.39 is 0 Å². The third-order valence-corrected chi connectivity index (χ3v) is 4.12. The van der Waals surface area contributed by atoms with Crippen LogP contribution in [0, 0.1) is 0 Å². The Labute approximate surface area is 132 Å². The fraction of sp³-hybridized carbons (Fsp3) is 0.500. The number of allylic oxidation sites excluding steroid dienone is 1. The second-order valence-corrected chi connectivity index (χ2v) is 5.88. The molecule has 0 aromatic heterocycles. The van der Waals surface area contributed by atoms with Crippen molar-refractivity contribution in [3.8, 4) is 0 Å². The number of nitrogens with zero attached hydrogens (tertiary/aromatic N) is 1. The Morgan fingerprint density at radius 1 is 1.32 bits per heavy atom. The summed E-state index contributed by atoms with van der Waals surface area (Å²) < 4.78 is 0. The standard InChI is InChI=1S/C18H26N2O2/c1-2-3-8-18(22)19-13-15-6-4-5-7-16(15)14-20-11-9-17(21)10-12-20/h2,4-7,17,21H,1,3,8-14H2,(H,19,22). The molecule has 1 aliphatic rings. The van der Waals surface area contributed by atoms with Gasteiger partial charge in [0.1, 0.15) is 0 Å². The van der Waals surface area contributed by atoms with Gasteiger partial charge in [-0.1, -0.05) is 30.3 Å². The van der Waals surface area contributed by atoms with Crippen LogP contribution in [-0.4, -0.2) is 35.1 Å². The maximum absolute atomic E-state index is 11.7. The monoisotopic (exact) mass is 302 g/mol. The van der Waals surface area contributed by atoms with Gasteiger partial charge in [0.25, 0.3) is 0 Å². The molecule has 0 radical (unpaired) electrons. The van der Waals surface area contributed by atoms with E-state index in [-0.39, 0.29) is 12.0 Å². The van der Waals surface area contributed by atoms with Gasteiger partial charge >= 0.3 is 0 Å². The summed E-state index contributed by atoms with van der Waals surface area (Å²) in [5, 5.41) is 12.6. The number of hydrogen-bond donors (Lipinski definition) is 2. The maximum atomic E-state index is 11.7. The van der Waals surface area contributed by atoms with Gasteiger partial charge in [0.05, 0.1) is 6.10 Å². The molecule has 1 fully saturated rings. The van der Waals surface area contributed by atoms with Crippen LogP contribution in [0.4, 0.5) is 0 Å². The zero-order valence-electron chi connectivity index (χ0n) is 13.1. The van der Waals surface area contributed by atoms with E-state index in [0.29, 0.717) is 19.4 Å². The number of hydrogen-bond acceptors (Lipinski definition) is 3. The van der Waals surface area contributed by atoms with E-state index in [1.54, 1.807) is 6.08 Å². The molecule has 1 aromatic rings. The van der Waals surface area contributed by atoms with Gasteiger partial charge in [-0.05, 0) is 30.4 Å². The molecule has 4 heteroatoms. The summed E-state index contributed by atoms with van der Waals surface area (Å²) >= 11 is 0. The van der Waals surface area contributed by atoms with Gasteiger partial charge in [-0.2, -0.15) is 0 Å². The lowest BCUT2D eigenvalue weighted by molar-refractivity contribution is -0.121. The summed E-state index contributed by atoms with van der Waals surface area (Å²) in [6.07, 6.45) is 4.52. The lowest BCUT2D eigenvalue weighted by Crippen LogP contribution is -2.35. The smallest absolute Gasteiger partial charge is 0.220 e. The highest BCUT2D eigenvalue weighted by Crippen LogP contribution is 2.16. The zero-order chi connectivity index (χ0) is 15.8. The molecular weight excluding hydrogens is 276 g/mol. The number of aliphatic hydroxyl groups is 1. The molecule has 0 bridgehead atoms. The molecule has 1 aromatic carbocycles. The van der Waals surface area contributed by atoms with E-state index in [4.69, 9.17) is 0 Å². The predicted molar refractivity (Wildman–Crippen MR) is 88.2 cm³/mol. The van der Waals surface area contributed by atoms with Crippen LogP contribution in [0.2, 0.25) is 0 Å². The average Bonchev–Trinajstić information content (AvgIpc) is 2.54. The normalized spacial score (nSPS) is 16.4. The van der Waals surface area contributed by atoms with Crippen molar-refractivity contribution in [1.29, 1.82) is 0 Å². The molecule has 1 amide bonds. The number of likely N-dealkylation sites (tertiary alicyclic amines) is 1. The van der Waals surface area contributed by atoms with Crippen LogP contribution in [0.1, 0.15) is 36.8 Å². The Balaban J connectivity index is 1.89. The van der Waals surface area contributed by atoms with Gasteiger partial charge in [0.15, 0.2) is 0 Å². The van der Waals surface area contributed by atoms with Gasteiger partial charge in [-0.25, -0.2) is 0 Å². The van der Waals surface area contributed by atoms with Crippen LogP contribution in [0.15, 0.2) is 36.9 Å². The lowest BCUT2D eigenvalue weighted by Gasteiger charge is -2.30. The molecule has 1 aliphatic heterocycles. The number of benzene rings is 1. The van der Waals surface area contributed by atoms with Crippen molar-refractivity contribution in [2.45, 2.75) is 44.9 Å². The van der Waals surface area contributed by atoms with E-state index in [1.807, 2.05) is 12.1 Å². The van der Waals surface area contributed by atoms with Crippen molar-refractivity contribution in [2.24, 2.45) is 0 Å². The van der Waals surface area contributed by atoms with E-state index in [9.17, 15) is 9.90 Å². The van der Waals surface area contributed by atoms with Crippen LogP contribution in [-0.2, 0) is 17.9 Å². The number of rotatable bonds is 7. The van der Waals surface area contributed by atoms with Gasteiger partial charge in [0, 0.05) is 32.6 Å². The second-order valence-electron chi connectivity index (χ2n) is 5.88. The van der Waals surface area contributed by atoms with Crippen LogP contribution in [0.25, 0.3) is 0 Å². The number of amides is 1. The Morgan fingerprint density at radius 3 is 2.68 bits per heavy atom. The quantitative estimate of drug-likeness (QED) is 0.759. The lowest BCUT2D eigenvalue weighted by atomic mass is 10.0. The molecule has 0 aliphatic carbocycles. The first-order chi connectivity index (χ1) is 10.7. The predicted octanol–water partition coefficient (Wildman–Crippen LogP) is 2.23. The topological polar surface area (TPSA) is 52.6 Å². The Morgan fingerprint density at radius 2 is 2.00 bits per heavy atom. The van der Waals surface area contributed by atoms with E-state index >= 15 is 0 Å². The van der Waals surface area contributed by atoms with Crippen molar-refractivity contribution in [2.75, 3.05) is 13.1 Å². The third kappa shape index (κ3) is 5.28. The summed E-state index contributed by atoms with van der Waals surface area (Å²) in [5.74, 6) is 0.0656. The van der Waals surface area contributed by atoms with Crippen LogP contribution < -0.4 is 5.32 Å². The molecule has 0 atom stereocenters. The first-order valence-electron chi connectivity index (χ1n) is 8.04. The molecular formula is C18H26N2O2. The molecule has 1 saturated heterocycles. The Kier molecular flexibility index (Phi) is 6.62. The first kappa shape index (κ1) is 16.7. The first-order valence-corrected chi connectivity index (χ1v) is 8.04. The molecule has 1 heterocycles. The zero-order valence-corrected chi connectivity index (χ0v) is 13.1. The largest absolute Gasteiger partial charge is 0.393 e.